The monoisotopic (exact) mass is 586 g/mol. The molecule has 0 spiro atoms. The van der Waals surface area contributed by atoms with Crippen molar-refractivity contribution in [2.45, 2.75) is 29.9 Å². The van der Waals surface area contributed by atoms with E-state index in [-0.39, 0.29) is 48.8 Å². The molecule has 0 bridgehead atoms. The lowest BCUT2D eigenvalue weighted by Crippen LogP contribution is -2.38. The number of allylic oxidation sites excluding steroid dienone is 1. The normalized spacial score (nSPS) is 17.2. The number of ether oxygens (including phenoxy) is 3. The molecule has 2 aromatic carbocycles. The van der Waals surface area contributed by atoms with Gasteiger partial charge >= 0.3 is 0 Å². The number of rotatable bonds is 14. The number of aliphatic hydroxyl groups is 1. The molecule has 9 nitrogen and oxygen atoms in total. The molecule has 40 heavy (non-hydrogen) atoms. The highest BCUT2D eigenvalue weighted by molar-refractivity contribution is 7.89. The number of nitrogens with zero attached hydrogens (tertiary/aromatic N) is 1. The van der Waals surface area contributed by atoms with Gasteiger partial charge in [0.15, 0.2) is 5.76 Å². The van der Waals surface area contributed by atoms with Crippen molar-refractivity contribution in [3.63, 3.8) is 0 Å². The SMILES string of the molecule is COc1ccc(S(=O)(=O)N(CCO)CCO[C@H]2C[C@@H](c3ccsc3)C=C(C(=O)NCCc3ccccc3)O2)cc1. The standard InChI is InChI=1S/C29H34N2O7S2/c1-36-25-7-9-26(10-8-25)40(34,35)31(14-16-32)15-17-37-28-20-24(23-12-18-39-21-23)19-27(38-28)29(33)30-13-11-22-5-3-2-4-6-22/h2-10,12,18-19,21,24,28,32H,11,13-17,20H2,1H3,(H,30,33)/t24-,28+/m0/s1. The number of benzene rings is 2. The molecule has 4 rings (SSSR count). The Labute approximate surface area is 239 Å². The van der Waals surface area contributed by atoms with E-state index in [4.69, 9.17) is 14.2 Å². The number of nitrogens with one attached hydrogen (secondary N) is 1. The number of hydrogen-bond donors (Lipinski definition) is 2. The molecule has 1 aliphatic rings. The van der Waals surface area contributed by atoms with Gasteiger partial charge in [0.1, 0.15) is 5.75 Å². The number of sulfonamides is 1. The summed E-state index contributed by atoms with van der Waals surface area (Å²) in [6.07, 6.45) is 2.23. The number of carbonyl (C=O) groups excluding carboxylic acids is 1. The Bertz CT molecular complexity index is 1340. The lowest BCUT2D eigenvalue weighted by Gasteiger charge is -2.30. The zero-order valence-corrected chi connectivity index (χ0v) is 23.9. The van der Waals surface area contributed by atoms with Crippen LogP contribution in [0.2, 0.25) is 0 Å². The van der Waals surface area contributed by atoms with Crippen molar-refractivity contribution in [2.75, 3.05) is 40.0 Å². The van der Waals surface area contributed by atoms with E-state index in [0.29, 0.717) is 25.1 Å². The van der Waals surface area contributed by atoms with E-state index in [9.17, 15) is 18.3 Å². The molecular weight excluding hydrogens is 552 g/mol. The van der Waals surface area contributed by atoms with Gasteiger partial charge in [-0.05, 0) is 64.7 Å². The van der Waals surface area contributed by atoms with Crippen LogP contribution in [0.15, 0.2) is 88.2 Å². The van der Waals surface area contributed by atoms with Crippen molar-refractivity contribution >= 4 is 27.3 Å². The maximum atomic E-state index is 13.2. The van der Waals surface area contributed by atoms with Crippen LogP contribution in [-0.4, -0.2) is 70.0 Å². The minimum atomic E-state index is -3.87. The number of thiophene rings is 1. The smallest absolute Gasteiger partial charge is 0.286 e. The molecule has 2 heterocycles. The highest BCUT2D eigenvalue weighted by Gasteiger charge is 2.30. The maximum absolute atomic E-state index is 13.2. The average Bonchev–Trinajstić information content (AvgIpc) is 3.52. The highest BCUT2D eigenvalue weighted by atomic mass is 32.2. The van der Waals surface area contributed by atoms with Gasteiger partial charge in [-0.2, -0.15) is 15.6 Å². The molecule has 11 heteroatoms. The van der Waals surface area contributed by atoms with Crippen molar-refractivity contribution < 1.29 is 32.5 Å². The first-order chi connectivity index (χ1) is 19.4. The molecule has 0 unspecified atom stereocenters. The molecule has 1 aliphatic heterocycles. The fourth-order valence-corrected chi connectivity index (χ4v) is 6.48. The Morgan fingerprint density at radius 3 is 2.58 bits per heavy atom. The predicted molar refractivity (Wildman–Crippen MR) is 153 cm³/mol. The largest absolute Gasteiger partial charge is 0.497 e. The van der Waals surface area contributed by atoms with Crippen LogP contribution in [0.4, 0.5) is 0 Å². The van der Waals surface area contributed by atoms with Gasteiger partial charge in [0.2, 0.25) is 16.3 Å². The number of hydrogen-bond acceptors (Lipinski definition) is 8. The van der Waals surface area contributed by atoms with Gasteiger partial charge in [0, 0.05) is 32.0 Å². The molecule has 0 fully saturated rings. The predicted octanol–water partition coefficient (Wildman–Crippen LogP) is 3.53. The molecule has 2 atom stereocenters. The van der Waals surface area contributed by atoms with Gasteiger partial charge in [-0.1, -0.05) is 30.3 Å². The van der Waals surface area contributed by atoms with E-state index in [1.165, 1.54) is 23.5 Å². The van der Waals surface area contributed by atoms with Crippen molar-refractivity contribution in [1.29, 1.82) is 0 Å². The summed E-state index contributed by atoms with van der Waals surface area (Å²) in [5, 5.41) is 16.4. The molecule has 3 aromatic rings. The van der Waals surface area contributed by atoms with Crippen LogP contribution < -0.4 is 10.1 Å². The van der Waals surface area contributed by atoms with Crippen LogP contribution in [0.5, 0.6) is 5.75 Å². The van der Waals surface area contributed by atoms with E-state index < -0.39 is 16.3 Å². The van der Waals surface area contributed by atoms with E-state index in [1.807, 2.05) is 53.2 Å². The third-order valence-electron chi connectivity index (χ3n) is 6.49. The number of aliphatic hydroxyl groups excluding tert-OH is 1. The molecule has 0 saturated carbocycles. The first-order valence-corrected chi connectivity index (χ1v) is 15.4. The topological polar surface area (TPSA) is 114 Å². The van der Waals surface area contributed by atoms with E-state index in [2.05, 4.69) is 5.32 Å². The minimum absolute atomic E-state index is 0.000218. The minimum Gasteiger partial charge on any atom is -0.497 e. The first kappa shape index (κ1) is 29.8. The Balaban J connectivity index is 1.38. The van der Waals surface area contributed by atoms with Crippen LogP contribution in [0.3, 0.4) is 0 Å². The van der Waals surface area contributed by atoms with E-state index in [1.54, 1.807) is 23.5 Å². The Morgan fingerprint density at radius 1 is 1.12 bits per heavy atom. The first-order valence-electron chi connectivity index (χ1n) is 13.0. The quantitative estimate of drug-likeness (QED) is 0.297. The summed E-state index contributed by atoms with van der Waals surface area (Å²) in [4.78, 5) is 13.1. The molecule has 0 aliphatic carbocycles. The van der Waals surface area contributed by atoms with Crippen molar-refractivity contribution in [3.05, 3.63) is 94.4 Å². The second-order valence-electron chi connectivity index (χ2n) is 9.14. The third-order valence-corrected chi connectivity index (χ3v) is 9.10. The van der Waals surface area contributed by atoms with Crippen LogP contribution in [-0.2, 0) is 30.7 Å². The molecule has 2 N–H and O–H groups in total. The number of amides is 1. The van der Waals surface area contributed by atoms with E-state index in [0.717, 1.165) is 11.1 Å². The summed E-state index contributed by atoms with van der Waals surface area (Å²) < 4.78 is 44.5. The van der Waals surface area contributed by atoms with E-state index >= 15 is 0 Å². The Kier molecular flexibility index (Phi) is 10.7. The lowest BCUT2D eigenvalue weighted by molar-refractivity contribution is -0.146. The van der Waals surface area contributed by atoms with Crippen LogP contribution >= 0.6 is 11.3 Å². The van der Waals surface area contributed by atoms with Gasteiger partial charge in [-0.3, -0.25) is 4.79 Å². The summed E-state index contributed by atoms with van der Waals surface area (Å²) in [6, 6.07) is 17.9. The summed E-state index contributed by atoms with van der Waals surface area (Å²) in [6.45, 7) is 0.0401. The van der Waals surface area contributed by atoms with Gasteiger partial charge in [0.05, 0.1) is 25.2 Å². The van der Waals surface area contributed by atoms with Crippen molar-refractivity contribution in [2.24, 2.45) is 0 Å². The lowest BCUT2D eigenvalue weighted by atomic mass is 9.95. The summed E-state index contributed by atoms with van der Waals surface area (Å²) in [5.41, 5.74) is 2.18. The third kappa shape index (κ3) is 7.92. The molecule has 214 valence electrons. The Morgan fingerprint density at radius 2 is 1.90 bits per heavy atom. The zero-order chi connectivity index (χ0) is 28.4. The Hall–Kier alpha value is -3.22. The highest BCUT2D eigenvalue weighted by Crippen LogP contribution is 2.32. The second kappa shape index (κ2) is 14.4. The van der Waals surface area contributed by atoms with Gasteiger partial charge in [0.25, 0.3) is 5.91 Å². The number of methoxy groups -OCH3 is 1. The zero-order valence-electron chi connectivity index (χ0n) is 22.3. The second-order valence-corrected chi connectivity index (χ2v) is 11.9. The molecule has 1 aromatic heterocycles. The summed E-state index contributed by atoms with van der Waals surface area (Å²) >= 11 is 1.57. The summed E-state index contributed by atoms with van der Waals surface area (Å²) in [5.74, 6) is 0.307. The van der Waals surface area contributed by atoms with Gasteiger partial charge in [-0.15, -0.1) is 0 Å². The molecule has 1 amide bonds. The van der Waals surface area contributed by atoms with Crippen LogP contribution in [0.25, 0.3) is 0 Å². The summed E-state index contributed by atoms with van der Waals surface area (Å²) in [7, 11) is -2.37. The van der Waals surface area contributed by atoms with Gasteiger partial charge in [-0.25, -0.2) is 8.42 Å². The molecule has 0 saturated heterocycles. The van der Waals surface area contributed by atoms with Gasteiger partial charge < -0.3 is 24.6 Å². The fraction of sp³-hybridized carbons (Fsp3) is 0.345. The fourth-order valence-electron chi connectivity index (χ4n) is 4.34. The number of carbonyl (C=O) groups is 1. The van der Waals surface area contributed by atoms with Crippen LogP contribution in [0, 0.1) is 0 Å². The van der Waals surface area contributed by atoms with Crippen molar-refractivity contribution in [1.82, 2.24) is 9.62 Å². The molecular formula is C29H34N2O7S2. The maximum Gasteiger partial charge on any atom is 0.286 e. The molecule has 0 radical (unpaired) electrons. The average molecular weight is 587 g/mol. The van der Waals surface area contributed by atoms with Crippen LogP contribution in [0.1, 0.15) is 23.5 Å². The van der Waals surface area contributed by atoms with Crippen molar-refractivity contribution in [3.8, 4) is 5.75 Å².